The first-order valence-corrected chi connectivity index (χ1v) is 6.56. The van der Waals surface area contributed by atoms with Gasteiger partial charge in [-0.25, -0.2) is 0 Å². The van der Waals surface area contributed by atoms with Crippen LogP contribution in [0.3, 0.4) is 0 Å². The lowest BCUT2D eigenvalue weighted by Gasteiger charge is -2.08. The molecule has 90 valence electrons. The van der Waals surface area contributed by atoms with Gasteiger partial charge < -0.3 is 11.5 Å². The number of hydrogen-bond acceptors (Lipinski definition) is 6. The maximum Gasteiger partial charge on any atom is 0.296 e. The van der Waals surface area contributed by atoms with E-state index in [1.165, 1.54) is 0 Å². The summed E-state index contributed by atoms with van der Waals surface area (Å²) in [5.41, 5.74) is 9.17. The van der Waals surface area contributed by atoms with E-state index in [-0.39, 0.29) is 0 Å². The van der Waals surface area contributed by atoms with Gasteiger partial charge >= 0.3 is 0 Å². The molecule has 10 heteroatoms. The summed E-state index contributed by atoms with van der Waals surface area (Å²) >= 11 is 0. The minimum atomic E-state index is -4.60. The molecule has 0 saturated carbocycles. The Morgan fingerprint density at radius 2 is 1.06 bits per heavy atom. The Kier molecular flexibility index (Phi) is 2.85. The van der Waals surface area contributed by atoms with E-state index in [4.69, 9.17) is 20.6 Å². The summed E-state index contributed by atoms with van der Waals surface area (Å²) in [5.74, 6) is 0. The van der Waals surface area contributed by atoms with Crippen LogP contribution < -0.4 is 11.5 Å². The number of benzene rings is 1. The van der Waals surface area contributed by atoms with Gasteiger partial charge in [-0.3, -0.25) is 9.11 Å². The van der Waals surface area contributed by atoms with Gasteiger partial charge in [0.25, 0.3) is 20.2 Å². The molecule has 6 N–H and O–H groups in total. The van der Waals surface area contributed by atoms with E-state index in [1.54, 1.807) is 0 Å². The normalized spacial score (nSPS) is 12.6. The van der Waals surface area contributed by atoms with E-state index >= 15 is 0 Å². The van der Waals surface area contributed by atoms with Gasteiger partial charge in [-0.05, 0) is 12.1 Å². The van der Waals surface area contributed by atoms with Crippen LogP contribution >= 0.6 is 0 Å². The Balaban J connectivity index is 3.67. The van der Waals surface area contributed by atoms with Crippen molar-refractivity contribution in [1.29, 1.82) is 0 Å². The summed E-state index contributed by atoms with van der Waals surface area (Å²) in [6, 6.07) is 1.45. The summed E-state index contributed by atoms with van der Waals surface area (Å²) in [4.78, 5) is -1.45. The van der Waals surface area contributed by atoms with Gasteiger partial charge in [-0.15, -0.1) is 0 Å². The van der Waals surface area contributed by atoms with Crippen LogP contribution in [0.1, 0.15) is 0 Å². The molecule has 0 radical (unpaired) electrons. The first-order chi connectivity index (χ1) is 7.05. The Bertz CT molecular complexity index is 576. The van der Waals surface area contributed by atoms with Crippen molar-refractivity contribution in [2.75, 3.05) is 11.5 Å². The molecule has 1 aromatic carbocycles. The van der Waals surface area contributed by atoms with Crippen molar-refractivity contribution in [3.05, 3.63) is 12.1 Å². The van der Waals surface area contributed by atoms with Gasteiger partial charge in [0.2, 0.25) is 0 Å². The van der Waals surface area contributed by atoms with E-state index in [0.717, 1.165) is 12.1 Å². The SMILES string of the molecule is Nc1c(S(=O)(=O)O)ccc(S(=O)(=O)O)c1N. The average Bonchev–Trinajstić information content (AvgIpc) is 2.05. The molecule has 0 aromatic heterocycles. The molecular weight excluding hydrogens is 260 g/mol. The van der Waals surface area contributed by atoms with Crippen LogP contribution in [0.4, 0.5) is 11.4 Å². The molecule has 0 bridgehead atoms. The monoisotopic (exact) mass is 268 g/mol. The molecule has 16 heavy (non-hydrogen) atoms. The Hall–Kier alpha value is -1.36. The minimum Gasteiger partial charge on any atom is -0.396 e. The van der Waals surface area contributed by atoms with Crippen molar-refractivity contribution in [1.82, 2.24) is 0 Å². The second kappa shape index (κ2) is 3.59. The second-order valence-corrected chi connectivity index (χ2v) is 5.62. The molecular formula is C6H8N2O6S2. The minimum absolute atomic E-state index is 0.641. The highest BCUT2D eigenvalue weighted by molar-refractivity contribution is 7.86. The zero-order chi connectivity index (χ0) is 12.7. The molecule has 0 atom stereocenters. The number of hydrogen-bond donors (Lipinski definition) is 4. The first kappa shape index (κ1) is 12.7. The van der Waals surface area contributed by atoms with Gasteiger partial charge in [0.15, 0.2) is 0 Å². The van der Waals surface area contributed by atoms with Crippen LogP contribution in [-0.2, 0) is 20.2 Å². The smallest absolute Gasteiger partial charge is 0.296 e. The third kappa shape index (κ3) is 2.24. The molecule has 0 fully saturated rings. The van der Waals surface area contributed by atoms with Crippen LogP contribution in [0.5, 0.6) is 0 Å². The Morgan fingerprint density at radius 1 is 0.812 bits per heavy atom. The van der Waals surface area contributed by atoms with Crippen molar-refractivity contribution >= 4 is 31.6 Å². The maximum absolute atomic E-state index is 10.8. The Morgan fingerprint density at radius 3 is 1.25 bits per heavy atom. The molecule has 0 aliphatic rings. The second-order valence-electron chi connectivity index (χ2n) is 2.84. The lowest BCUT2D eigenvalue weighted by atomic mass is 10.3. The first-order valence-electron chi connectivity index (χ1n) is 3.68. The highest BCUT2D eigenvalue weighted by atomic mass is 32.2. The van der Waals surface area contributed by atoms with Gasteiger partial charge in [-0.2, -0.15) is 16.8 Å². The van der Waals surface area contributed by atoms with Crippen LogP contribution in [0, 0.1) is 0 Å². The zero-order valence-electron chi connectivity index (χ0n) is 7.65. The maximum atomic E-state index is 10.8. The molecule has 0 saturated heterocycles. The summed E-state index contributed by atoms with van der Waals surface area (Å²) in [7, 11) is -9.20. The van der Waals surface area contributed by atoms with Gasteiger partial charge in [0, 0.05) is 0 Å². The van der Waals surface area contributed by atoms with Crippen molar-refractivity contribution in [2.45, 2.75) is 9.79 Å². The molecule has 0 spiro atoms. The fourth-order valence-corrected chi connectivity index (χ4v) is 2.30. The van der Waals surface area contributed by atoms with Crippen molar-refractivity contribution in [3.8, 4) is 0 Å². The molecule has 0 amide bonds. The van der Waals surface area contributed by atoms with E-state index in [1.807, 2.05) is 0 Å². The quantitative estimate of drug-likeness (QED) is 0.406. The summed E-state index contributed by atoms with van der Waals surface area (Å²) in [5, 5.41) is 0. The van der Waals surface area contributed by atoms with E-state index in [9.17, 15) is 16.8 Å². The fourth-order valence-electron chi connectivity index (χ4n) is 1.05. The summed E-state index contributed by atoms with van der Waals surface area (Å²) < 4.78 is 60.5. The van der Waals surface area contributed by atoms with Crippen molar-refractivity contribution < 1.29 is 25.9 Å². The van der Waals surface area contributed by atoms with E-state index in [2.05, 4.69) is 0 Å². The standard InChI is InChI=1S/C6H8N2O6S2/c7-5-3(15(9,10)11)1-2-4(6(5)8)16(12,13)14/h1-2H,7-8H2,(H,9,10,11)(H,12,13,14). The largest absolute Gasteiger partial charge is 0.396 e. The fraction of sp³-hybridized carbons (Fsp3) is 0. The highest BCUT2D eigenvalue weighted by Crippen LogP contribution is 2.30. The van der Waals surface area contributed by atoms with Crippen LogP contribution in [0.2, 0.25) is 0 Å². The molecule has 0 unspecified atom stereocenters. The molecule has 0 aliphatic carbocycles. The predicted octanol–water partition coefficient (Wildman–Crippen LogP) is -0.656. The molecule has 0 aliphatic heterocycles. The van der Waals surface area contributed by atoms with Gasteiger partial charge in [0.05, 0.1) is 11.4 Å². The molecule has 8 nitrogen and oxygen atoms in total. The predicted molar refractivity (Wildman–Crippen MR) is 54.9 cm³/mol. The summed E-state index contributed by atoms with van der Waals surface area (Å²) in [6.07, 6.45) is 0. The van der Waals surface area contributed by atoms with E-state index in [0.29, 0.717) is 0 Å². The third-order valence-corrected chi connectivity index (χ3v) is 3.59. The number of rotatable bonds is 2. The van der Waals surface area contributed by atoms with Crippen LogP contribution in [0.25, 0.3) is 0 Å². The van der Waals surface area contributed by atoms with Gasteiger partial charge in [0.1, 0.15) is 9.79 Å². The van der Waals surface area contributed by atoms with Gasteiger partial charge in [-0.1, -0.05) is 0 Å². The van der Waals surface area contributed by atoms with Crippen LogP contribution in [0.15, 0.2) is 21.9 Å². The lowest BCUT2D eigenvalue weighted by molar-refractivity contribution is 0.479. The molecule has 0 heterocycles. The Labute approximate surface area is 91.4 Å². The average molecular weight is 268 g/mol. The number of nitrogens with two attached hydrogens (primary N) is 2. The topological polar surface area (TPSA) is 161 Å². The van der Waals surface area contributed by atoms with E-state index < -0.39 is 41.4 Å². The molecule has 1 aromatic rings. The third-order valence-electron chi connectivity index (χ3n) is 1.76. The molecule has 1 rings (SSSR count). The zero-order valence-corrected chi connectivity index (χ0v) is 9.29. The van der Waals surface area contributed by atoms with Crippen molar-refractivity contribution in [3.63, 3.8) is 0 Å². The lowest BCUT2D eigenvalue weighted by Crippen LogP contribution is -2.10. The van der Waals surface area contributed by atoms with Crippen LogP contribution in [-0.4, -0.2) is 25.9 Å². The van der Waals surface area contributed by atoms with Crippen molar-refractivity contribution in [2.24, 2.45) is 0 Å². The number of anilines is 2. The number of nitrogen functional groups attached to an aromatic ring is 2. The summed E-state index contributed by atoms with van der Waals surface area (Å²) in [6.45, 7) is 0. The highest BCUT2D eigenvalue weighted by Gasteiger charge is 2.22.